The molecule has 0 radical (unpaired) electrons. The number of anilines is 1. The van der Waals surface area contributed by atoms with Crippen LogP contribution in [0.3, 0.4) is 0 Å². The number of alkyl halides is 3. The van der Waals surface area contributed by atoms with Gasteiger partial charge in [0.2, 0.25) is 5.91 Å². The number of nitrogens with zero attached hydrogens (tertiary/aromatic N) is 1. The van der Waals surface area contributed by atoms with Crippen LogP contribution in [0.4, 0.5) is 18.9 Å². The molecule has 0 fully saturated rings. The third-order valence-corrected chi connectivity index (χ3v) is 4.15. The van der Waals surface area contributed by atoms with Gasteiger partial charge in [0.25, 0.3) is 0 Å². The molecule has 0 spiro atoms. The number of carbonyl (C=O) groups is 1. The number of imidazole rings is 1. The predicted octanol–water partition coefficient (Wildman–Crippen LogP) is 4.55. The van der Waals surface area contributed by atoms with Crippen LogP contribution in [0.1, 0.15) is 25.2 Å². The maximum Gasteiger partial charge on any atom is 0.573 e. The number of rotatable bonds is 7. The minimum Gasteiger partial charge on any atom is -0.406 e. The molecule has 0 atom stereocenters. The number of hydrogen-bond donors (Lipinski definition) is 2. The SMILES string of the molecule is Cc1[nH]c(SCC(=O)Nc2ccc(OC(F)(F)F)cc2)nc1CC(C)C. The van der Waals surface area contributed by atoms with Gasteiger partial charge in [0.1, 0.15) is 5.75 Å². The van der Waals surface area contributed by atoms with Crippen molar-refractivity contribution in [2.24, 2.45) is 5.92 Å². The topological polar surface area (TPSA) is 67.0 Å². The standard InChI is InChI=1S/C17H20F3N3O2S/c1-10(2)8-14-11(3)21-16(23-14)26-9-15(24)22-12-4-6-13(7-5-12)25-17(18,19)20/h4-7,10H,8-9H2,1-3H3,(H,21,23)(H,22,24). The lowest BCUT2D eigenvalue weighted by molar-refractivity contribution is -0.274. The molecule has 9 heteroatoms. The van der Waals surface area contributed by atoms with Crippen LogP contribution >= 0.6 is 11.8 Å². The van der Waals surface area contributed by atoms with Crippen LogP contribution in [0.5, 0.6) is 5.75 Å². The molecule has 1 heterocycles. The Balaban J connectivity index is 1.85. The van der Waals surface area contributed by atoms with E-state index in [1.807, 2.05) is 6.92 Å². The summed E-state index contributed by atoms with van der Waals surface area (Å²) in [7, 11) is 0. The van der Waals surface area contributed by atoms with Crippen molar-refractivity contribution in [2.75, 3.05) is 11.1 Å². The summed E-state index contributed by atoms with van der Waals surface area (Å²) in [6.07, 6.45) is -3.88. The van der Waals surface area contributed by atoms with Gasteiger partial charge in [0, 0.05) is 11.4 Å². The van der Waals surface area contributed by atoms with E-state index in [0.29, 0.717) is 16.8 Å². The van der Waals surface area contributed by atoms with Crippen LogP contribution in [-0.4, -0.2) is 28.0 Å². The summed E-state index contributed by atoms with van der Waals surface area (Å²) in [5.74, 6) is 0.00419. The number of aromatic amines is 1. The van der Waals surface area contributed by atoms with Gasteiger partial charge in [0.05, 0.1) is 11.4 Å². The fourth-order valence-corrected chi connectivity index (χ4v) is 2.93. The van der Waals surface area contributed by atoms with Crippen LogP contribution in [0.15, 0.2) is 29.4 Å². The monoisotopic (exact) mass is 387 g/mol. The zero-order valence-corrected chi connectivity index (χ0v) is 15.4. The van der Waals surface area contributed by atoms with Crippen molar-refractivity contribution < 1.29 is 22.7 Å². The first-order valence-electron chi connectivity index (χ1n) is 7.96. The van der Waals surface area contributed by atoms with Crippen LogP contribution in [0.2, 0.25) is 0 Å². The first-order valence-corrected chi connectivity index (χ1v) is 8.95. The van der Waals surface area contributed by atoms with Crippen molar-refractivity contribution in [1.29, 1.82) is 0 Å². The van der Waals surface area contributed by atoms with Crippen LogP contribution in [0.25, 0.3) is 0 Å². The fourth-order valence-electron chi connectivity index (χ4n) is 2.19. The van der Waals surface area contributed by atoms with Gasteiger partial charge in [-0.1, -0.05) is 25.6 Å². The van der Waals surface area contributed by atoms with Crippen molar-refractivity contribution in [3.05, 3.63) is 35.7 Å². The van der Waals surface area contributed by atoms with Gasteiger partial charge in [-0.15, -0.1) is 13.2 Å². The zero-order valence-electron chi connectivity index (χ0n) is 14.6. The molecule has 26 heavy (non-hydrogen) atoms. The summed E-state index contributed by atoms with van der Waals surface area (Å²) >= 11 is 1.27. The molecule has 2 rings (SSSR count). The number of ether oxygens (including phenoxy) is 1. The number of amides is 1. The second kappa shape index (κ2) is 8.48. The third-order valence-electron chi connectivity index (χ3n) is 3.28. The number of nitrogens with one attached hydrogen (secondary N) is 2. The first-order chi connectivity index (χ1) is 12.1. The van der Waals surface area contributed by atoms with E-state index in [1.165, 1.54) is 23.9 Å². The minimum absolute atomic E-state index is 0.134. The Morgan fingerprint density at radius 2 is 1.96 bits per heavy atom. The third kappa shape index (κ3) is 6.62. The molecule has 0 aliphatic heterocycles. The highest BCUT2D eigenvalue weighted by Gasteiger charge is 2.30. The number of aryl methyl sites for hydroxylation is 1. The number of halogens is 3. The smallest absolute Gasteiger partial charge is 0.406 e. The summed E-state index contributed by atoms with van der Waals surface area (Å²) < 4.78 is 40.1. The lowest BCUT2D eigenvalue weighted by atomic mass is 10.1. The molecular formula is C17H20F3N3O2S. The highest BCUT2D eigenvalue weighted by molar-refractivity contribution is 7.99. The number of thioether (sulfide) groups is 1. The molecule has 2 N–H and O–H groups in total. The average molecular weight is 387 g/mol. The number of benzene rings is 1. The van der Waals surface area contributed by atoms with Crippen molar-refractivity contribution >= 4 is 23.4 Å². The lowest BCUT2D eigenvalue weighted by Crippen LogP contribution is -2.17. The van der Waals surface area contributed by atoms with E-state index < -0.39 is 6.36 Å². The molecule has 2 aromatic rings. The van der Waals surface area contributed by atoms with Crippen LogP contribution in [-0.2, 0) is 11.2 Å². The molecule has 0 unspecified atom stereocenters. The second-order valence-electron chi connectivity index (χ2n) is 6.12. The van der Waals surface area contributed by atoms with E-state index in [1.54, 1.807) is 0 Å². The van der Waals surface area contributed by atoms with E-state index in [4.69, 9.17) is 0 Å². The molecule has 0 aliphatic carbocycles. The van der Waals surface area contributed by atoms with Crippen LogP contribution < -0.4 is 10.1 Å². The first kappa shape index (κ1) is 20.2. The number of aromatic nitrogens is 2. The van der Waals surface area contributed by atoms with Gasteiger partial charge in [-0.3, -0.25) is 4.79 Å². The molecule has 1 aromatic heterocycles. The maximum atomic E-state index is 12.1. The normalized spacial score (nSPS) is 11.7. The Labute approximate surface area is 153 Å². The largest absolute Gasteiger partial charge is 0.573 e. The summed E-state index contributed by atoms with van der Waals surface area (Å²) in [6, 6.07) is 4.98. The van der Waals surface area contributed by atoms with Crippen molar-refractivity contribution in [3.8, 4) is 5.75 Å². The van der Waals surface area contributed by atoms with E-state index in [-0.39, 0.29) is 17.4 Å². The minimum atomic E-state index is -4.74. The predicted molar refractivity (Wildman–Crippen MR) is 94.3 cm³/mol. The number of carbonyl (C=O) groups excluding carboxylic acids is 1. The summed E-state index contributed by atoms with van der Waals surface area (Å²) in [5.41, 5.74) is 2.37. The highest BCUT2D eigenvalue weighted by Crippen LogP contribution is 2.24. The Morgan fingerprint density at radius 3 is 2.54 bits per heavy atom. The molecule has 0 saturated heterocycles. The molecule has 0 saturated carbocycles. The van der Waals surface area contributed by atoms with Gasteiger partial charge >= 0.3 is 6.36 Å². The second-order valence-corrected chi connectivity index (χ2v) is 7.08. The molecule has 1 amide bonds. The molecule has 0 aliphatic rings. The molecule has 0 bridgehead atoms. The molecular weight excluding hydrogens is 367 g/mol. The fraction of sp³-hybridized carbons (Fsp3) is 0.412. The Bertz CT molecular complexity index is 743. The molecule has 142 valence electrons. The van der Waals surface area contributed by atoms with Gasteiger partial charge in [-0.25, -0.2) is 4.98 Å². The van der Waals surface area contributed by atoms with E-state index in [9.17, 15) is 18.0 Å². The van der Waals surface area contributed by atoms with Gasteiger partial charge in [-0.2, -0.15) is 0 Å². The average Bonchev–Trinajstić information content (AvgIpc) is 2.85. The Morgan fingerprint density at radius 1 is 1.31 bits per heavy atom. The van der Waals surface area contributed by atoms with Crippen molar-refractivity contribution in [1.82, 2.24) is 9.97 Å². The Kier molecular flexibility index (Phi) is 6.57. The zero-order chi connectivity index (χ0) is 19.3. The maximum absolute atomic E-state index is 12.1. The Hall–Kier alpha value is -2.16. The van der Waals surface area contributed by atoms with Crippen LogP contribution in [0, 0.1) is 12.8 Å². The lowest BCUT2D eigenvalue weighted by Gasteiger charge is -2.09. The molecule has 5 nitrogen and oxygen atoms in total. The van der Waals surface area contributed by atoms with Crippen molar-refractivity contribution in [3.63, 3.8) is 0 Å². The van der Waals surface area contributed by atoms with Gasteiger partial charge in [-0.05, 0) is 43.5 Å². The summed E-state index contributed by atoms with van der Waals surface area (Å²) in [6.45, 7) is 6.16. The van der Waals surface area contributed by atoms with Crippen molar-refractivity contribution in [2.45, 2.75) is 38.7 Å². The molecule has 1 aromatic carbocycles. The van der Waals surface area contributed by atoms with E-state index in [0.717, 1.165) is 29.9 Å². The van der Waals surface area contributed by atoms with E-state index >= 15 is 0 Å². The number of hydrogen-bond acceptors (Lipinski definition) is 4. The summed E-state index contributed by atoms with van der Waals surface area (Å²) in [4.78, 5) is 19.6. The quantitative estimate of drug-likeness (QED) is 0.684. The van der Waals surface area contributed by atoms with E-state index in [2.05, 4.69) is 33.9 Å². The van der Waals surface area contributed by atoms with Gasteiger partial charge < -0.3 is 15.0 Å². The van der Waals surface area contributed by atoms with Gasteiger partial charge in [0.15, 0.2) is 5.16 Å². The highest BCUT2D eigenvalue weighted by atomic mass is 32.2. The summed E-state index contributed by atoms with van der Waals surface area (Å²) in [5, 5.41) is 3.29. The number of H-pyrrole nitrogens is 1.